The van der Waals surface area contributed by atoms with E-state index in [2.05, 4.69) is 11.4 Å². The summed E-state index contributed by atoms with van der Waals surface area (Å²) in [4.78, 5) is 0. The van der Waals surface area contributed by atoms with Gasteiger partial charge in [-0.05, 0) is 23.8 Å². The number of para-hydroxylation sites is 1. The molecular weight excluding hydrogens is 252 g/mol. The van der Waals surface area contributed by atoms with Gasteiger partial charge in [0.05, 0.1) is 18.7 Å². The van der Waals surface area contributed by atoms with E-state index < -0.39 is 0 Å². The number of hydrogen-bond donors (Lipinski definition) is 2. The van der Waals surface area contributed by atoms with Gasteiger partial charge in [-0.2, -0.15) is 5.26 Å². The molecule has 0 fully saturated rings. The average Bonchev–Trinajstić information content (AvgIpc) is 2.49. The SMILES string of the molecule is COc1cccc(CNCc2ccc(C#N)cc2)c1O. The lowest BCUT2D eigenvalue weighted by Gasteiger charge is -2.10. The summed E-state index contributed by atoms with van der Waals surface area (Å²) in [6.45, 7) is 1.21. The zero-order valence-corrected chi connectivity index (χ0v) is 11.3. The van der Waals surface area contributed by atoms with Gasteiger partial charge in [0, 0.05) is 18.7 Å². The first-order valence-electron chi connectivity index (χ1n) is 6.29. The minimum atomic E-state index is 0.169. The predicted octanol–water partition coefficient (Wildman–Crippen LogP) is 2.56. The van der Waals surface area contributed by atoms with E-state index in [0.717, 1.165) is 11.1 Å². The van der Waals surface area contributed by atoms with Crippen molar-refractivity contribution in [3.05, 3.63) is 59.2 Å². The number of nitriles is 1. The molecule has 0 bridgehead atoms. The number of aromatic hydroxyl groups is 1. The van der Waals surface area contributed by atoms with Crippen molar-refractivity contribution in [3.8, 4) is 17.6 Å². The number of benzene rings is 2. The molecule has 0 radical (unpaired) electrons. The Kier molecular flexibility index (Phi) is 4.59. The summed E-state index contributed by atoms with van der Waals surface area (Å²) < 4.78 is 5.07. The highest BCUT2D eigenvalue weighted by atomic mass is 16.5. The van der Waals surface area contributed by atoms with Crippen LogP contribution in [0.5, 0.6) is 11.5 Å². The summed E-state index contributed by atoms with van der Waals surface area (Å²) in [7, 11) is 1.53. The van der Waals surface area contributed by atoms with Gasteiger partial charge in [0.1, 0.15) is 0 Å². The molecule has 2 rings (SSSR count). The zero-order chi connectivity index (χ0) is 14.4. The first-order chi connectivity index (χ1) is 9.74. The van der Waals surface area contributed by atoms with Gasteiger partial charge in [-0.15, -0.1) is 0 Å². The molecule has 0 atom stereocenters. The lowest BCUT2D eigenvalue weighted by atomic mass is 10.1. The topological polar surface area (TPSA) is 65.3 Å². The van der Waals surface area contributed by atoms with Crippen LogP contribution in [0.3, 0.4) is 0 Å². The smallest absolute Gasteiger partial charge is 0.162 e. The highest BCUT2D eigenvalue weighted by molar-refractivity contribution is 5.45. The van der Waals surface area contributed by atoms with Crippen molar-refractivity contribution >= 4 is 0 Å². The summed E-state index contributed by atoms with van der Waals surface area (Å²) in [5, 5.41) is 21.9. The van der Waals surface area contributed by atoms with E-state index >= 15 is 0 Å². The van der Waals surface area contributed by atoms with Crippen LogP contribution < -0.4 is 10.1 Å². The van der Waals surface area contributed by atoms with Crippen molar-refractivity contribution < 1.29 is 9.84 Å². The maximum Gasteiger partial charge on any atom is 0.162 e. The molecule has 0 spiro atoms. The Hall–Kier alpha value is -2.51. The van der Waals surface area contributed by atoms with Crippen molar-refractivity contribution in [2.75, 3.05) is 7.11 Å². The Morgan fingerprint density at radius 3 is 2.55 bits per heavy atom. The fourth-order valence-corrected chi connectivity index (χ4v) is 1.91. The first-order valence-corrected chi connectivity index (χ1v) is 6.29. The molecule has 0 saturated carbocycles. The maximum atomic E-state index is 9.95. The molecule has 2 N–H and O–H groups in total. The third-order valence-electron chi connectivity index (χ3n) is 3.03. The van der Waals surface area contributed by atoms with Crippen LogP contribution >= 0.6 is 0 Å². The number of ether oxygens (including phenoxy) is 1. The van der Waals surface area contributed by atoms with Crippen LogP contribution in [-0.2, 0) is 13.1 Å². The molecule has 2 aromatic rings. The third kappa shape index (κ3) is 3.28. The van der Waals surface area contributed by atoms with Crippen LogP contribution in [0.1, 0.15) is 16.7 Å². The van der Waals surface area contributed by atoms with Crippen molar-refractivity contribution in [2.45, 2.75) is 13.1 Å². The Morgan fingerprint density at radius 2 is 1.90 bits per heavy atom. The molecule has 0 aliphatic rings. The van der Waals surface area contributed by atoms with Crippen LogP contribution in [0.15, 0.2) is 42.5 Å². The van der Waals surface area contributed by atoms with E-state index in [0.29, 0.717) is 24.4 Å². The van der Waals surface area contributed by atoms with Crippen molar-refractivity contribution in [3.63, 3.8) is 0 Å². The molecule has 0 heterocycles. The van der Waals surface area contributed by atoms with Crippen LogP contribution in [0.4, 0.5) is 0 Å². The molecule has 2 aromatic carbocycles. The summed E-state index contributed by atoms with van der Waals surface area (Å²) >= 11 is 0. The summed E-state index contributed by atoms with van der Waals surface area (Å²) in [6.07, 6.45) is 0. The molecular formula is C16H16N2O2. The highest BCUT2D eigenvalue weighted by Crippen LogP contribution is 2.29. The second kappa shape index (κ2) is 6.60. The molecule has 20 heavy (non-hydrogen) atoms. The largest absolute Gasteiger partial charge is 0.504 e. The Bertz CT molecular complexity index is 615. The second-order valence-corrected chi connectivity index (χ2v) is 4.38. The summed E-state index contributed by atoms with van der Waals surface area (Å²) in [6, 6.07) is 14.9. The van der Waals surface area contributed by atoms with Crippen LogP contribution in [-0.4, -0.2) is 12.2 Å². The standard InChI is InChI=1S/C16H16N2O2/c1-20-15-4-2-3-14(16(15)19)11-18-10-13-7-5-12(9-17)6-8-13/h2-8,18-19H,10-11H2,1H3. The third-order valence-corrected chi connectivity index (χ3v) is 3.03. The monoisotopic (exact) mass is 268 g/mol. The fraction of sp³-hybridized carbons (Fsp3) is 0.188. The van der Waals surface area contributed by atoms with E-state index in [9.17, 15) is 5.11 Å². The number of nitrogens with one attached hydrogen (secondary N) is 1. The fourth-order valence-electron chi connectivity index (χ4n) is 1.91. The Balaban J connectivity index is 1.94. The number of methoxy groups -OCH3 is 1. The molecule has 0 saturated heterocycles. The van der Waals surface area contributed by atoms with E-state index in [-0.39, 0.29) is 5.75 Å². The van der Waals surface area contributed by atoms with Crippen LogP contribution in [0.25, 0.3) is 0 Å². The average molecular weight is 268 g/mol. The lowest BCUT2D eigenvalue weighted by molar-refractivity contribution is 0.369. The van der Waals surface area contributed by atoms with Gasteiger partial charge in [-0.1, -0.05) is 24.3 Å². The van der Waals surface area contributed by atoms with Crippen molar-refractivity contribution in [1.82, 2.24) is 5.32 Å². The van der Waals surface area contributed by atoms with E-state index in [1.807, 2.05) is 24.3 Å². The summed E-state index contributed by atoms with van der Waals surface area (Å²) in [5.41, 5.74) is 2.53. The van der Waals surface area contributed by atoms with Crippen molar-refractivity contribution in [2.24, 2.45) is 0 Å². The molecule has 4 heteroatoms. The van der Waals surface area contributed by atoms with Gasteiger partial charge in [-0.25, -0.2) is 0 Å². The van der Waals surface area contributed by atoms with E-state index in [4.69, 9.17) is 10.00 Å². The minimum Gasteiger partial charge on any atom is -0.504 e. The number of rotatable bonds is 5. The van der Waals surface area contributed by atoms with Crippen LogP contribution in [0, 0.1) is 11.3 Å². The molecule has 0 aromatic heterocycles. The van der Waals surface area contributed by atoms with Crippen LogP contribution in [0.2, 0.25) is 0 Å². The normalized spacial score (nSPS) is 10.0. The number of hydrogen-bond acceptors (Lipinski definition) is 4. The molecule has 0 aliphatic heterocycles. The predicted molar refractivity (Wildman–Crippen MR) is 76.4 cm³/mol. The van der Waals surface area contributed by atoms with Gasteiger partial charge >= 0.3 is 0 Å². The maximum absolute atomic E-state index is 9.95. The highest BCUT2D eigenvalue weighted by Gasteiger charge is 2.06. The number of phenolic OH excluding ortho intramolecular Hbond substituents is 1. The zero-order valence-electron chi connectivity index (χ0n) is 11.3. The first kappa shape index (κ1) is 13.9. The Morgan fingerprint density at radius 1 is 1.15 bits per heavy atom. The van der Waals surface area contributed by atoms with Gasteiger partial charge in [0.25, 0.3) is 0 Å². The minimum absolute atomic E-state index is 0.169. The second-order valence-electron chi connectivity index (χ2n) is 4.38. The van der Waals surface area contributed by atoms with Gasteiger partial charge < -0.3 is 15.2 Å². The molecule has 102 valence electrons. The number of phenols is 1. The van der Waals surface area contributed by atoms with Gasteiger partial charge in [0.15, 0.2) is 11.5 Å². The molecule has 4 nitrogen and oxygen atoms in total. The van der Waals surface area contributed by atoms with Gasteiger partial charge in [-0.3, -0.25) is 0 Å². The van der Waals surface area contributed by atoms with E-state index in [1.165, 1.54) is 7.11 Å². The number of nitrogens with zero attached hydrogens (tertiary/aromatic N) is 1. The van der Waals surface area contributed by atoms with Crippen molar-refractivity contribution in [1.29, 1.82) is 5.26 Å². The quantitative estimate of drug-likeness (QED) is 0.874. The van der Waals surface area contributed by atoms with E-state index in [1.54, 1.807) is 18.2 Å². The molecule has 0 unspecified atom stereocenters. The lowest BCUT2D eigenvalue weighted by Crippen LogP contribution is -2.12. The molecule has 0 amide bonds. The molecule has 0 aliphatic carbocycles. The van der Waals surface area contributed by atoms with Gasteiger partial charge in [0.2, 0.25) is 0 Å². The Labute approximate surface area is 118 Å². The summed E-state index contributed by atoms with van der Waals surface area (Å²) in [5.74, 6) is 0.644.